The lowest BCUT2D eigenvalue weighted by molar-refractivity contribution is -0.384. The van der Waals surface area contributed by atoms with E-state index in [4.69, 9.17) is 4.18 Å². The Balaban J connectivity index is 2.31. The van der Waals surface area contributed by atoms with Gasteiger partial charge in [-0.05, 0) is 30.3 Å². The Labute approximate surface area is 123 Å². The van der Waals surface area contributed by atoms with Crippen molar-refractivity contribution in [1.82, 2.24) is 0 Å². The Bertz CT molecular complexity index is 743. The van der Waals surface area contributed by atoms with Gasteiger partial charge in [-0.25, -0.2) is 0 Å². The smallest absolute Gasteiger partial charge is 0.339 e. The van der Waals surface area contributed by atoms with Crippen molar-refractivity contribution in [2.24, 2.45) is 0 Å². The molecule has 0 aromatic heterocycles. The van der Waals surface area contributed by atoms with Crippen LogP contribution in [0.4, 0.5) is 5.69 Å². The highest BCUT2D eigenvalue weighted by molar-refractivity contribution is 9.10. The molecule has 104 valence electrons. The molecule has 0 unspecified atom stereocenters. The van der Waals surface area contributed by atoms with Crippen molar-refractivity contribution in [2.45, 2.75) is 4.90 Å². The predicted octanol–water partition coefficient (Wildman–Crippen LogP) is 3.13. The van der Waals surface area contributed by atoms with Gasteiger partial charge in [0.1, 0.15) is 10.6 Å². The summed E-state index contributed by atoms with van der Waals surface area (Å²) in [6, 6.07) is 10.9. The Kier molecular flexibility index (Phi) is 4.05. The van der Waals surface area contributed by atoms with Crippen molar-refractivity contribution in [2.75, 3.05) is 0 Å². The molecule has 0 spiro atoms. The average Bonchev–Trinajstić information content (AvgIpc) is 2.39. The van der Waals surface area contributed by atoms with Crippen LogP contribution in [0.25, 0.3) is 0 Å². The molecular weight excluding hydrogens is 350 g/mol. The number of non-ortho nitro benzene ring substituents is 1. The number of hydrogen-bond donors (Lipinski definition) is 0. The number of nitro benzene ring substituents is 1. The van der Waals surface area contributed by atoms with Crippen molar-refractivity contribution in [3.05, 3.63) is 63.1 Å². The SMILES string of the molecule is O=[N+]([O-])c1cccc(OS(=O)(=O)c2ccc(Br)cc2)c1. The van der Waals surface area contributed by atoms with Crippen LogP contribution >= 0.6 is 15.9 Å². The van der Waals surface area contributed by atoms with Crippen molar-refractivity contribution in [1.29, 1.82) is 0 Å². The van der Waals surface area contributed by atoms with E-state index in [-0.39, 0.29) is 16.3 Å². The number of rotatable bonds is 4. The number of benzene rings is 2. The predicted molar refractivity (Wildman–Crippen MR) is 75.1 cm³/mol. The first-order chi connectivity index (χ1) is 9.38. The quantitative estimate of drug-likeness (QED) is 0.476. The molecule has 0 radical (unpaired) electrons. The van der Waals surface area contributed by atoms with Crippen LogP contribution < -0.4 is 4.18 Å². The van der Waals surface area contributed by atoms with E-state index in [2.05, 4.69) is 15.9 Å². The molecule has 6 nitrogen and oxygen atoms in total. The van der Waals surface area contributed by atoms with E-state index in [0.29, 0.717) is 0 Å². The highest BCUT2D eigenvalue weighted by atomic mass is 79.9. The highest BCUT2D eigenvalue weighted by Gasteiger charge is 2.17. The fourth-order valence-corrected chi connectivity index (χ4v) is 2.61. The van der Waals surface area contributed by atoms with Gasteiger partial charge in [-0.2, -0.15) is 8.42 Å². The van der Waals surface area contributed by atoms with E-state index in [1.165, 1.54) is 30.3 Å². The Morgan fingerprint density at radius 2 is 1.75 bits per heavy atom. The van der Waals surface area contributed by atoms with Crippen molar-refractivity contribution in [3.8, 4) is 5.75 Å². The van der Waals surface area contributed by atoms with E-state index >= 15 is 0 Å². The molecule has 0 amide bonds. The zero-order valence-electron chi connectivity index (χ0n) is 9.89. The van der Waals surface area contributed by atoms with Gasteiger partial charge in [-0.3, -0.25) is 10.1 Å². The molecular formula is C12H8BrNO5S. The first-order valence-corrected chi connectivity index (χ1v) is 7.53. The van der Waals surface area contributed by atoms with Crippen LogP contribution in [0.3, 0.4) is 0 Å². The molecule has 2 aromatic rings. The molecule has 0 N–H and O–H groups in total. The minimum absolute atomic E-state index is 0.0350. The largest absolute Gasteiger partial charge is 0.379 e. The molecule has 0 heterocycles. The first-order valence-electron chi connectivity index (χ1n) is 5.33. The van der Waals surface area contributed by atoms with Gasteiger partial charge in [0.05, 0.1) is 11.0 Å². The summed E-state index contributed by atoms with van der Waals surface area (Å²) in [5, 5.41) is 10.6. The first kappa shape index (κ1) is 14.5. The van der Waals surface area contributed by atoms with Crippen LogP contribution in [-0.2, 0) is 10.1 Å². The van der Waals surface area contributed by atoms with E-state index in [0.717, 1.165) is 10.5 Å². The van der Waals surface area contributed by atoms with E-state index in [1.54, 1.807) is 12.1 Å². The molecule has 0 aliphatic carbocycles. The van der Waals surface area contributed by atoms with Gasteiger partial charge in [0.15, 0.2) is 0 Å². The molecule has 2 rings (SSSR count). The zero-order chi connectivity index (χ0) is 14.8. The van der Waals surface area contributed by atoms with Gasteiger partial charge >= 0.3 is 10.1 Å². The van der Waals surface area contributed by atoms with Gasteiger partial charge in [-0.15, -0.1) is 0 Å². The third kappa shape index (κ3) is 3.34. The van der Waals surface area contributed by atoms with Crippen molar-refractivity contribution < 1.29 is 17.5 Å². The maximum absolute atomic E-state index is 12.0. The molecule has 0 fully saturated rings. The average molecular weight is 358 g/mol. The van der Waals surface area contributed by atoms with Gasteiger partial charge in [0.25, 0.3) is 5.69 Å². The molecule has 0 aliphatic rings. The summed E-state index contributed by atoms with van der Waals surface area (Å²) >= 11 is 3.19. The van der Waals surface area contributed by atoms with Gasteiger partial charge in [-0.1, -0.05) is 22.0 Å². The molecule has 20 heavy (non-hydrogen) atoms. The second-order valence-electron chi connectivity index (χ2n) is 3.75. The van der Waals surface area contributed by atoms with Crippen LogP contribution in [-0.4, -0.2) is 13.3 Å². The van der Waals surface area contributed by atoms with Crippen LogP contribution in [0.1, 0.15) is 0 Å². The minimum atomic E-state index is -4.02. The van der Waals surface area contributed by atoms with E-state index in [9.17, 15) is 18.5 Å². The summed E-state index contributed by atoms with van der Waals surface area (Å²) in [4.78, 5) is 9.96. The second kappa shape index (κ2) is 5.59. The van der Waals surface area contributed by atoms with Crippen LogP contribution in [0.2, 0.25) is 0 Å². The monoisotopic (exact) mass is 357 g/mol. The Morgan fingerprint density at radius 3 is 2.35 bits per heavy atom. The molecule has 0 aliphatic heterocycles. The van der Waals surface area contributed by atoms with Crippen LogP contribution in [0, 0.1) is 10.1 Å². The molecule has 2 aromatic carbocycles. The van der Waals surface area contributed by atoms with Gasteiger partial charge < -0.3 is 4.18 Å². The van der Waals surface area contributed by atoms with Crippen LogP contribution in [0.15, 0.2) is 57.9 Å². The van der Waals surface area contributed by atoms with Gasteiger partial charge in [0.2, 0.25) is 0 Å². The lowest BCUT2D eigenvalue weighted by atomic mass is 10.3. The lowest BCUT2D eigenvalue weighted by Gasteiger charge is -2.06. The number of hydrogen-bond acceptors (Lipinski definition) is 5. The number of halogens is 1. The third-order valence-corrected chi connectivity index (χ3v) is 4.13. The van der Waals surface area contributed by atoms with Crippen molar-refractivity contribution in [3.63, 3.8) is 0 Å². The molecule has 0 saturated carbocycles. The summed E-state index contributed by atoms with van der Waals surface area (Å²) in [5.41, 5.74) is -0.242. The summed E-state index contributed by atoms with van der Waals surface area (Å²) in [6.07, 6.45) is 0. The fraction of sp³-hybridized carbons (Fsp3) is 0. The normalized spacial score (nSPS) is 11.1. The Hall–Kier alpha value is -1.93. The van der Waals surface area contributed by atoms with Crippen molar-refractivity contribution >= 4 is 31.7 Å². The highest BCUT2D eigenvalue weighted by Crippen LogP contribution is 2.23. The second-order valence-corrected chi connectivity index (χ2v) is 6.21. The minimum Gasteiger partial charge on any atom is -0.379 e. The maximum atomic E-state index is 12.0. The lowest BCUT2D eigenvalue weighted by Crippen LogP contribution is -2.09. The summed E-state index contributed by atoms with van der Waals surface area (Å²) in [7, 11) is -4.02. The molecule has 0 atom stereocenters. The van der Waals surface area contributed by atoms with Gasteiger partial charge in [0, 0.05) is 10.5 Å². The standard InChI is InChI=1S/C12H8BrNO5S/c13-9-4-6-12(7-5-9)20(17,18)19-11-3-1-2-10(8-11)14(15)16/h1-8H. The maximum Gasteiger partial charge on any atom is 0.339 e. The summed E-state index contributed by atoms with van der Waals surface area (Å²) in [5.74, 6) is -0.109. The fourth-order valence-electron chi connectivity index (χ4n) is 1.42. The van der Waals surface area contributed by atoms with E-state index < -0.39 is 15.0 Å². The molecule has 0 bridgehead atoms. The molecule has 0 saturated heterocycles. The summed E-state index contributed by atoms with van der Waals surface area (Å²) < 4.78 is 29.6. The number of nitrogens with zero attached hydrogens (tertiary/aromatic N) is 1. The third-order valence-electron chi connectivity index (χ3n) is 2.34. The zero-order valence-corrected chi connectivity index (χ0v) is 12.3. The number of nitro groups is 1. The molecule has 8 heteroatoms. The van der Waals surface area contributed by atoms with E-state index in [1.807, 2.05) is 0 Å². The van der Waals surface area contributed by atoms with Crippen LogP contribution in [0.5, 0.6) is 5.75 Å². The Morgan fingerprint density at radius 1 is 1.10 bits per heavy atom. The topological polar surface area (TPSA) is 86.5 Å². The summed E-state index contributed by atoms with van der Waals surface area (Å²) in [6.45, 7) is 0.